The van der Waals surface area contributed by atoms with Gasteiger partial charge in [0.15, 0.2) is 0 Å². The molecule has 0 radical (unpaired) electrons. The first-order valence-corrected chi connectivity index (χ1v) is 6.44. The number of hydrogen-bond acceptors (Lipinski definition) is 2. The number of hydrogen-bond donors (Lipinski definition) is 2. The van der Waals surface area contributed by atoms with Crippen LogP contribution in [0.5, 0.6) is 0 Å². The molecular weight excluding hydrogens is 230 g/mol. The minimum Gasteiger partial charge on any atom is -0.352 e. The molecule has 0 fully saturated rings. The molecule has 1 aromatic rings. The van der Waals surface area contributed by atoms with E-state index in [2.05, 4.69) is 38.7 Å². The monoisotopic (exact) mass is 251 g/mol. The van der Waals surface area contributed by atoms with Crippen molar-refractivity contribution in [2.45, 2.75) is 32.6 Å². The zero-order valence-electron chi connectivity index (χ0n) is 10.9. The summed E-state index contributed by atoms with van der Waals surface area (Å²) < 4.78 is 0. The predicted molar refractivity (Wildman–Crippen MR) is 74.8 cm³/mol. The highest BCUT2D eigenvalue weighted by molar-refractivity contribution is 7.80. The Morgan fingerprint density at radius 1 is 1.35 bits per heavy atom. The van der Waals surface area contributed by atoms with Crippen molar-refractivity contribution in [2.75, 3.05) is 6.54 Å². The third kappa shape index (κ3) is 4.08. The van der Waals surface area contributed by atoms with Crippen LogP contribution in [-0.2, 0) is 0 Å². The SMILES string of the molecule is Cc1ccc(S)cc1C(=O)NCC(C)C(C)C. The molecule has 0 spiro atoms. The summed E-state index contributed by atoms with van der Waals surface area (Å²) in [6, 6.07) is 5.63. The van der Waals surface area contributed by atoms with Gasteiger partial charge in [0.05, 0.1) is 0 Å². The molecule has 0 heterocycles. The maximum absolute atomic E-state index is 12.0. The first-order valence-electron chi connectivity index (χ1n) is 5.99. The van der Waals surface area contributed by atoms with Gasteiger partial charge in [-0.25, -0.2) is 0 Å². The van der Waals surface area contributed by atoms with Gasteiger partial charge in [0.2, 0.25) is 0 Å². The third-order valence-corrected chi connectivity index (χ3v) is 3.47. The van der Waals surface area contributed by atoms with E-state index >= 15 is 0 Å². The van der Waals surface area contributed by atoms with E-state index < -0.39 is 0 Å². The Hall–Kier alpha value is -0.960. The molecule has 1 aromatic carbocycles. The summed E-state index contributed by atoms with van der Waals surface area (Å²) in [5, 5.41) is 2.98. The number of carbonyl (C=O) groups is 1. The first-order chi connectivity index (χ1) is 7.91. The molecule has 0 saturated heterocycles. The van der Waals surface area contributed by atoms with Crippen LogP contribution in [-0.4, -0.2) is 12.5 Å². The Labute approximate surface area is 109 Å². The van der Waals surface area contributed by atoms with Gasteiger partial charge in [-0.05, 0) is 36.5 Å². The van der Waals surface area contributed by atoms with Gasteiger partial charge in [-0.2, -0.15) is 0 Å². The fourth-order valence-corrected chi connectivity index (χ4v) is 1.64. The van der Waals surface area contributed by atoms with Crippen molar-refractivity contribution in [3.05, 3.63) is 29.3 Å². The average molecular weight is 251 g/mol. The van der Waals surface area contributed by atoms with Crippen LogP contribution in [0.4, 0.5) is 0 Å². The molecule has 1 rings (SSSR count). The second kappa shape index (κ2) is 6.10. The maximum atomic E-state index is 12.0. The highest BCUT2D eigenvalue weighted by Gasteiger charge is 2.12. The number of rotatable bonds is 4. The van der Waals surface area contributed by atoms with Gasteiger partial charge < -0.3 is 5.32 Å². The summed E-state index contributed by atoms with van der Waals surface area (Å²) in [7, 11) is 0. The van der Waals surface area contributed by atoms with Crippen LogP contribution in [0.25, 0.3) is 0 Å². The molecule has 1 N–H and O–H groups in total. The molecule has 0 bridgehead atoms. The van der Waals surface area contributed by atoms with E-state index in [1.807, 2.05) is 25.1 Å². The molecule has 0 aromatic heterocycles. The Morgan fingerprint density at radius 2 is 2.00 bits per heavy atom. The third-order valence-electron chi connectivity index (χ3n) is 3.19. The Bertz CT molecular complexity index is 401. The minimum absolute atomic E-state index is 0.00843. The van der Waals surface area contributed by atoms with Gasteiger partial charge >= 0.3 is 0 Å². The first kappa shape index (κ1) is 14.1. The van der Waals surface area contributed by atoms with E-state index in [0.717, 1.165) is 10.5 Å². The molecule has 1 atom stereocenters. The van der Waals surface area contributed by atoms with Crippen LogP contribution >= 0.6 is 12.6 Å². The van der Waals surface area contributed by atoms with Crippen molar-refractivity contribution in [1.82, 2.24) is 5.32 Å². The van der Waals surface area contributed by atoms with Crippen LogP contribution < -0.4 is 5.32 Å². The summed E-state index contributed by atoms with van der Waals surface area (Å²) in [6.07, 6.45) is 0. The summed E-state index contributed by atoms with van der Waals surface area (Å²) in [5.41, 5.74) is 1.70. The summed E-state index contributed by atoms with van der Waals surface area (Å²) >= 11 is 4.26. The van der Waals surface area contributed by atoms with E-state index in [1.165, 1.54) is 0 Å². The van der Waals surface area contributed by atoms with E-state index in [9.17, 15) is 4.79 Å². The topological polar surface area (TPSA) is 29.1 Å². The Kier molecular flexibility index (Phi) is 5.06. The number of benzene rings is 1. The summed E-state index contributed by atoms with van der Waals surface area (Å²) in [5.74, 6) is 1.05. The molecule has 94 valence electrons. The molecule has 1 unspecified atom stereocenters. The van der Waals surface area contributed by atoms with Crippen LogP contribution in [0.3, 0.4) is 0 Å². The van der Waals surface area contributed by atoms with E-state index in [1.54, 1.807) is 0 Å². The lowest BCUT2D eigenvalue weighted by Gasteiger charge is -2.16. The molecule has 17 heavy (non-hydrogen) atoms. The smallest absolute Gasteiger partial charge is 0.251 e. The lowest BCUT2D eigenvalue weighted by atomic mass is 9.98. The maximum Gasteiger partial charge on any atom is 0.251 e. The van der Waals surface area contributed by atoms with E-state index in [-0.39, 0.29) is 5.91 Å². The molecule has 0 aliphatic heterocycles. The van der Waals surface area contributed by atoms with Gasteiger partial charge in [-0.15, -0.1) is 12.6 Å². The van der Waals surface area contributed by atoms with Crippen molar-refractivity contribution in [2.24, 2.45) is 11.8 Å². The second-order valence-electron chi connectivity index (χ2n) is 4.93. The highest BCUT2D eigenvalue weighted by atomic mass is 32.1. The lowest BCUT2D eigenvalue weighted by Crippen LogP contribution is -2.30. The highest BCUT2D eigenvalue weighted by Crippen LogP contribution is 2.14. The number of thiol groups is 1. The molecular formula is C14H21NOS. The van der Waals surface area contributed by atoms with Crippen LogP contribution in [0.15, 0.2) is 23.1 Å². The lowest BCUT2D eigenvalue weighted by molar-refractivity contribution is 0.0944. The van der Waals surface area contributed by atoms with Crippen LogP contribution in [0.1, 0.15) is 36.7 Å². The van der Waals surface area contributed by atoms with Crippen molar-refractivity contribution in [3.8, 4) is 0 Å². The van der Waals surface area contributed by atoms with Crippen molar-refractivity contribution < 1.29 is 4.79 Å². The van der Waals surface area contributed by atoms with Crippen LogP contribution in [0.2, 0.25) is 0 Å². The van der Waals surface area contributed by atoms with Gasteiger partial charge in [0.1, 0.15) is 0 Å². The average Bonchev–Trinajstić information content (AvgIpc) is 2.28. The molecule has 2 nitrogen and oxygen atoms in total. The van der Waals surface area contributed by atoms with Gasteiger partial charge in [0, 0.05) is 17.0 Å². The minimum atomic E-state index is -0.00843. The van der Waals surface area contributed by atoms with Crippen molar-refractivity contribution >= 4 is 18.5 Å². The zero-order chi connectivity index (χ0) is 13.0. The summed E-state index contributed by atoms with van der Waals surface area (Å²) in [6.45, 7) is 9.13. The normalized spacial score (nSPS) is 12.6. The molecule has 1 amide bonds. The van der Waals surface area contributed by atoms with E-state index in [0.29, 0.717) is 23.9 Å². The fourth-order valence-electron chi connectivity index (χ4n) is 1.44. The molecule has 0 aliphatic carbocycles. The Morgan fingerprint density at radius 3 is 2.59 bits per heavy atom. The number of amides is 1. The largest absolute Gasteiger partial charge is 0.352 e. The van der Waals surface area contributed by atoms with Gasteiger partial charge in [0.25, 0.3) is 5.91 Å². The van der Waals surface area contributed by atoms with Crippen molar-refractivity contribution in [3.63, 3.8) is 0 Å². The number of aryl methyl sites for hydroxylation is 1. The van der Waals surface area contributed by atoms with Crippen LogP contribution in [0, 0.1) is 18.8 Å². The quantitative estimate of drug-likeness (QED) is 0.790. The predicted octanol–water partition coefficient (Wildman–Crippen LogP) is 3.31. The summed E-state index contributed by atoms with van der Waals surface area (Å²) in [4.78, 5) is 12.8. The molecule has 3 heteroatoms. The van der Waals surface area contributed by atoms with Gasteiger partial charge in [-0.3, -0.25) is 4.79 Å². The molecule has 0 saturated carbocycles. The zero-order valence-corrected chi connectivity index (χ0v) is 11.8. The Balaban J connectivity index is 2.67. The fraction of sp³-hybridized carbons (Fsp3) is 0.500. The standard InChI is InChI=1S/C14H21NOS/c1-9(2)11(4)8-15-14(16)13-7-12(17)6-5-10(13)3/h5-7,9,11,17H,8H2,1-4H3,(H,15,16). The second-order valence-corrected chi connectivity index (χ2v) is 5.45. The van der Waals surface area contributed by atoms with Gasteiger partial charge in [-0.1, -0.05) is 26.8 Å². The number of carbonyl (C=O) groups excluding carboxylic acids is 1. The van der Waals surface area contributed by atoms with E-state index in [4.69, 9.17) is 0 Å². The van der Waals surface area contributed by atoms with Crippen molar-refractivity contribution in [1.29, 1.82) is 0 Å². The molecule has 0 aliphatic rings. The number of nitrogens with one attached hydrogen (secondary N) is 1.